The summed E-state index contributed by atoms with van der Waals surface area (Å²) >= 11 is -4.15. The zero-order valence-corrected chi connectivity index (χ0v) is 34.0. The topological polar surface area (TPSA) is 0 Å². The van der Waals surface area contributed by atoms with E-state index < -0.39 is 17.9 Å². The summed E-state index contributed by atoms with van der Waals surface area (Å²) in [4.78, 5) is 0. The van der Waals surface area contributed by atoms with Crippen LogP contribution < -0.4 is 0 Å². The first kappa shape index (κ1) is 33.9. The van der Waals surface area contributed by atoms with Gasteiger partial charge >= 0.3 is 312 Å². The monoisotopic (exact) mass is 768 g/mol. The molecule has 6 aromatic carbocycles. The zero-order chi connectivity index (χ0) is 35.1. The fraction of sp³-hybridized carbons (Fsp3) is 0.234. The van der Waals surface area contributed by atoms with Crippen LogP contribution in [0.25, 0.3) is 56.0 Å². The number of hydrogen-bond donors (Lipinski definition) is 0. The molecular formula is C47H44Cl2Zr. The van der Waals surface area contributed by atoms with Crippen molar-refractivity contribution in [1.82, 2.24) is 0 Å². The molecule has 2 aliphatic carbocycles. The first-order valence-corrected chi connectivity index (χ1v) is 27.1. The molecule has 6 aromatic rings. The van der Waals surface area contributed by atoms with Crippen LogP contribution >= 0.6 is 17.0 Å². The van der Waals surface area contributed by atoms with Gasteiger partial charge in [0, 0.05) is 0 Å². The summed E-state index contributed by atoms with van der Waals surface area (Å²) in [5.41, 5.74) is 15.7. The van der Waals surface area contributed by atoms with Gasteiger partial charge in [0.05, 0.1) is 0 Å². The van der Waals surface area contributed by atoms with Crippen LogP contribution in [-0.4, -0.2) is 0 Å². The van der Waals surface area contributed by atoms with E-state index in [1.165, 1.54) is 88.3 Å². The molecule has 250 valence electrons. The van der Waals surface area contributed by atoms with Crippen LogP contribution in [0.3, 0.4) is 0 Å². The minimum absolute atomic E-state index is 0.0474. The Morgan fingerprint density at radius 2 is 1.30 bits per heavy atom. The third-order valence-corrected chi connectivity index (χ3v) is 23.7. The standard InChI is InChI=1S/C25H19.C22H25.2ClH.Zr/c1-16-14-24-17(2)10-12-23(25(24)15-16)21-9-5-8-20-19-7-4-3-6-18(19)11-13-22(20)21;1-15(2)18-13-17-7-6-8-20(21(17)14-18)16-9-11-19(12-10-16)22(3,4)5;;;/h3-15H,1-2H3;6-15H,1-5H3;2*1H;/q;;;;+2/p-2. The summed E-state index contributed by atoms with van der Waals surface area (Å²) in [5.74, 6) is 0.334. The molecule has 0 spiro atoms. The molecule has 0 heterocycles. The van der Waals surface area contributed by atoms with Gasteiger partial charge in [-0.1, -0.05) is 0 Å². The maximum absolute atomic E-state index is 8.13. The number of hydrogen-bond acceptors (Lipinski definition) is 0. The quantitative estimate of drug-likeness (QED) is 0.153. The molecule has 0 nitrogen and oxygen atoms in total. The normalized spacial score (nSPS) is 17.3. The molecule has 0 N–H and O–H groups in total. The van der Waals surface area contributed by atoms with E-state index in [9.17, 15) is 0 Å². The van der Waals surface area contributed by atoms with E-state index in [1.807, 2.05) is 0 Å². The first-order valence-electron chi connectivity index (χ1n) is 17.9. The maximum atomic E-state index is 8.13. The number of rotatable bonds is 5. The third kappa shape index (κ3) is 5.43. The van der Waals surface area contributed by atoms with Crippen LogP contribution in [0.4, 0.5) is 0 Å². The van der Waals surface area contributed by atoms with Crippen molar-refractivity contribution < 1.29 is 17.9 Å². The van der Waals surface area contributed by atoms with Crippen LogP contribution in [0.5, 0.6) is 0 Å². The Kier molecular flexibility index (Phi) is 8.46. The molecule has 8 rings (SSSR count). The minimum atomic E-state index is -4.15. The summed E-state index contributed by atoms with van der Waals surface area (Å²) < 4.78 is 0.105. The van der Waals surface area contributed by atoms with E-state index in [1.54, 1.807) is 0 Å². The second kappa shape index (κ2) is 12.5. The summed E-state index contributed by atoms with van der Waals surface area (Å²) in [6.07, 6.45) is 4.84. The molecule has 0 radical (unpaired) electrons. The number of aryl methyl sites for hydroxylation is 1. The van der Waals surface area contributed by atoms with Gasteiger partial charge in [-0.25, -0.2) is 0 Å². The van der Waals surface area contributed by atoms with Gasteiger partial charge in [-0.15, -0.1) is 0 Å². The zero-order valence-electron chi connectivity index (χ0n) is 30.0. The van der Waals surface area contributed by atoms with Gasteiger partial charge in [-0.05, 0) is 0 Å². The molecule has 2 atom stereocenters. The Morgan fingerprint density at radius 3 is 2.04 bits per heavy atom. The average Bonchev–Trinajstić information content (AvgIpc) is 3.68. The van der Waals surface area contributed by atoms with Crippen LogP contribution in [-0.2, 0) is 23.3 Å². The van der Waals surface area contributed by atoms with E-state index in [0.717, 1.165) is 0 Å². The summed E-state index contributed by atoms with van der Waals surface area (Å²) in [7, 11) is 16.3. The molecule has 0 saturated heterocycles. The Balaban J connectivity index is 1.26. The molecule has 0 saturated carbocycles. The van der Waals surface area contributed by atoms with Crippen molar-refractivity contribution in [1.29, 1.82) is 0 Å². The van der Waals surface area contributed by atoms with Crippen molar-refractivity contribution in [2.45, 2.75) is 61.1 Å². The molecule has 50 heavy (non-hydrogen) atoms. The molecule has 3 heteroatoms. The number of benzene rings is 6. The van der Waals surface area contributed by atoms with Crippen LogP contribution in [0, 0.1) is 12.8 Å². The predicted octanol–water partition coefficient (Wildman–Crippen LogP) is 14.6. The van der Waals surface area contributed by atoms with Crippen molar-refractivity contribution in [2.24, 2.45) is 5.92 Å². The van der Waals surface area contributed by atoms with Crippen LogP contribution in [0.2, 0.25) is 0 Å². The Bertz CT molecular complexity index is 2380. The van der Waals surface area contributed by atoms with Crippen LogP contribution in [0.15, 0.2) is 120 Å². The number of halogens is 2. The molecule has 0 fully saturated rings. The van der Waals surface area contributed by atoms with Crippen molar-refractivity contribution in [3.63, 3.8) is 0 Å². The molecule has 2 unspecified atom stereocenters. The van der Waals surface area contributed by atoms with Crippen molar-refractivity contribution in [2.75, 3.05) is 0 Å². The first-order chi connectivity index (χ1) is 23.9. The van der Waals surface area contributed by atoms with Gasteiger partial charge in [0.2, 0.25) is 0 Å². The number of fused-ring (bicyclic) bond motifs is 5. The fourth-order valence-electron chi connectivity index (χ4n) is 8.75. The SMILES string of the molecule is CC1=Cc2c(-c3cccc4c3ccc3ccccc34)ccc(C)c2[CH]1[Zr]([Cl])([Cl])[CH]1C(C(C)C)=Cc2c(-c3ccc(C(C)(C)C)cc3)cccc21. The van der Waals surface area contributed by atoms with Gasteiger partial charge in [-0.2, -0.15) is 0 Å². The molecule has 0 bridgehead atoms. The second-order valence-corrected chi connectivity index (χ2v) is 30.5. The molecule has 0 aliphatic heterocycles. The molecule has 0 amide bonds. The van der Waals surface area contributed by atoms with Gasteiger partial charge < -0.3 is 0 Å². The summed E-state index contributed by atoms with van der Waals surface area (Å²) in [5, 5.41) is 5.11. The molecule has 0 aromatic heterocycles. The van der Waals surface area contributed by atoms with Gasteiger partial charge in [0.15, 0.2) is 0 Å². The average molecular weight is 771 g/mol. The van der Waals surface area contributed by atoms with Crippen LogP contribution in [0.1, 0.15) is 82.2 Å². The summed E-state index contributed by atoms with van der Waals surface area (Å²) in [6.45, 7) is 15.9. The fourth-order valence-corrected chi connectivity index (χ4v) is 23.1. The van der Waals surface area contributed by atoms with E-state index in [2.05, 4.69) is 170 Å². The summed E-state index contributed by atoms with van der Waals surface area (Å²) in [6, 6.07) is 40.5. The van der Waals surface area contributed by atoms with E-state index in [-0.39, 0.29) is 12.7 Å². The van der Waals surface area contributed by atoms with Crippen molar-refractivity contribution in [3.05, 3.63) is 154 Å². The molecule has 2 aliphatic rings. The third-order valence-electron chi connectivity index (χ3n) is 11.3. The second-order valence-electron chi connectivity index (χ2n) is 15.8. The van der Waals surface area contributed by atoms with Gasteiger partial charge in [0.25, 0.3) is 0 Å². The van der Waals surface area contributed by atoms with Crippen molar-refractivity contribution >= 4 is 50.7 Å². The van der Waals surface area contributed by atoms with Gasteiger partial charge in [-0.3, -0.25) is 0 Å². The van der Waals surface area contributed by atoms with E-state index >= 15 is 0 Å². The van der Waals surface area contributed by atoms with E-state index in [4.69, 9.17) is 17.0 Å². The molecular weight excluding hydrogens is 727 g/mol. The van der Waals surface area contributed by atoms with Gasteiger partial charge in [0.1, 0.15) is 0 Å². The van der Waals surface area contributed by atoms with E-state index in [0.29, 0.717) is 5.92 Å². The predicted molar refractivity (Wildman–Crippen MR) is 216 cm³/mol. The number of allylic oxidation sites excluding steroid dienone is 2. The Morgan fingerprint density at radius 1 is 0.600 bits per heavy atom. The Hall–Kier alpha value is -3.22. The van der Waals surface area contributed by atoms with Crippen molar-refractivity contribution in [3.8, 4) is 22.3 Å². The Labute approximate surface area is 309 Å².